The fourth-order valence-corrected chi connectivity index (χ4v) is 2.89. The molecule has 4 nitrogen and oxygen atoms in total. The van der Waals surface area contributed by atoms with Gasteiger partial charge in [-0.1, -0.05) is 62.9 Å². The first kappa shape index (κ1) is 21.0. The normalized spacial score (nSPS) is 13.0. The zero-order chi connectivity index (χ0) is 20.5. The van der Waals surface area contributed by atoms with E-state index in [4.69, 9.17) is 5.73 Å². The number of carbonyl (C=O) groups excluding carboxylic acids is 1. The number of nitrogens with one attached hydrogen (secondary N) is 2. The summed E-state index contributed by atoms with van der Waals surface area (Å²) in [6, 6.07) is 15.3. The number of nitrogens with two attached hydrogens (primary N) is 1. The molecule has 0 aliphatic heterocycles. The van der Waals surface area contributed by atoms with Gasteiger partial charge in [-0.25, -0.2) is 4.79 Å². The number of benzene rings is 2. The van der Waals surface area contributed by atoms with Crippen molar-refractivity contribution in [2.24, 2.45) is 5.73 Å². The fraction of sp³-hybridized carbons (Fsp3) is 0.208. The molecule has 146 valence electrons. The van der Waals surface area contributed by atoms with E-state index in [1.54, 1.807) is 6.08 Å². The van der Waals surface area contributed by atoms with Crippen molar-refractivity contribution in [2.75, 3.05) is 10.6 Å². The number of allylic oxidation sites excluding steroid dienone is 5. The zero-order valence-electron chi connectivity index (χ0n) is 16.8. The fourth-order valence-electron chi connectivity index (χ4n) is 2.89. The largest absolute Gasteiger partial charge is 0.402 e. The van der Waals surface area contributed by atoms with Crippen LogP contribution in [0.1, 0.15) is 44.2 Å². The van der Waals surface area contributed by atoms with Crippen LogP contribution in [-0.4, -0.2) is 6.03 Å². The Bertz CT molecular complexity index is 875. The highest BCUT2D eigenvalue weighted by atomic mass is 16.2. The molecule has 28 heavy (non-hydrogen) atoms. The van der Waals surface area contributed by atoms with Crippen molar-refractivity contribution in [1.29, 1.82) is 0 Å². The van der Waals surface area contributed by atoms with E-state index in [-0.39, 0.29) is 6.03 Å². The first-order chi connectivity index (χ1) is 13.4. The predicted molar refractivity (Wildman–Crippen MR) is 120 cm³/mol. The van der Waals surface area contributed by atoms with E-state index in [2.05, 4.69) is 37.1 Å². The van der Waals surface area contributed by atoms with E-state index < -0.39 is 0 Å². The number of carbonyl (C=O) groups is 1. The molecule has 4 heteroatoms. The van der Waals surface area contributed by atoms with Crippen molar-refractivity contribution in [3.05, 3.63) is 90.2 Å². The number of rotatable bonds is 7. The lowest BCUT2D eigenvalue weighted by Gasteiger charge is -2.16. The van der Waals surface area contributed by atoms with Gasteiger partial charge in [0.1, 0.15) is 0 Å². The number of anilines is 2. The number of hydrogen-bond donors (Lipinski definition) is 3. The summed E-state index contributed by atoms with van der Waals surface area (Å²) in [6.07, 6.45) is 6.53. The van der Waals surface area contributed by atoms with Crippen molar-refractivity contribution >= 4 is 23.0 Å². The van der Waals surface area contributed by atoms with Gasteiger partial charge in [-0.2, -0.15) is 0 Å². The highest BCUT2D eigenvalue weighted by Gasteiger charge is 2.11. The van der Waals surface area contributed by atoms with Crippen LogP contribution in [0.25, 0.3) is 5.57 Å². The first-order valence-electron chi connectivity index (χ1n) is 9.48. The van der Waals surface area contributed by atoms with E-state index in [0.717, 1.165) is 34.5 Å². The molecule has 2 aromatic carbocycles. The maximum Gasteiger partial charge on any atom is 0.323 e. The molecular formula is C24H29N3O. The smallest absolute Gasteiger partial charge is 0.323 e. The molecule has 0 radical (unpaired) electrons. The zero-order valence-corrected chi connectivity index (χ0v) is 16.8. The Balaban J connectivity index is 2.11. The summed E-state index contributed by atoms with van der Waals surface area (Å²) in [7, 11) is 0. The van der Waals surface area contributed by atoms with E-state index >= 15 is 0 Å². The molecule has 1 atom stereocenters. The lowest BCUT2D eigenvalue weighted by atomic mass is 9.97. The SMILES string of the molecule is C=C/C=C(\C=C(\C)N)c1ccc(NC(=O)Nc2ccccc2C(C)CC)cc1. The topological polar surface area (TPSA) is 67.1 Å². The molecule has 2 amide bonds. The molecular weight excluding hydrogens is 346 g/mol. The molecule has 2 aromatic rings. The van der Waals surface area contributed by atoms with Crippen LogP contribution in [0.4, 0.5) is 16.2 Å². The summed E-state index contributed by atoms with van der Waals surface area (Å²) in [6.45, 7) is 9.88. The summed E-state index contributed by atoms with van der Waals surface area (Å²) >= 11 is 0. The van der Waals surface area contributed by atoms with Crippen LogP contribution in [0.2, 0.25) is 0 Å². The second-order valence-corrected chi connectivity index (χ2v) is 6.80. The maximum absolute atomic E-state index is 12.4. The Labute approximate surface area is 167 Å². The van der Waals surface area contributed by atoms with Crippen LogP contribution in [0, 0.1) is 0 Å². The quantitative estimate of drug-likeness (QED) is 0.499. The number of hydrogen-bond acceptors (Lipinski definition) is 2. The third-order valence-electron chi connectivity index (χ3n) is 4.51. The summed E-state index contributed by atoms with van der Waals surface area (Å²) in [5.41, 5.74) is 11.2. The molecule has 0 heterocycles. The van der Waals surface area contributed by atoms with E-state index in [1.165, 1.54) is 0 Å². The summed E-state index contributed by atoms with van der Waals surface area (Å²) in [5, 5.41) is 5.84. The van der Waals surface area contributed by atoms with Crippen LogP contribution in [-0.2, 0) is 0 Å². The van der Waals surface area contributed by atoms with Gasteiger partial charge in [0.05, 0.1) is 0 Å². The predicted octanol–water partition coefficient (Wildman–Crippen LogP) is 6.28. The molecule has 0 aromatic heterocycles. The standard InChI is InChI=1S/C24H29N3O/c1-5-9-20(16-18(4)25)19-12-14-21(15-13-19)26-24(28)27-23-11-8-7-10-22(23)17(3)6-2/h5,7-17H,1,6,25H2,2-4H3,(H2,26,27,28)/b18-16-,20-9+. The van der Waals surface area contributed by atoms with Crippen LogP contribution < -0.4 is 16.4 Å². The van der Waals surface area contributed by atoms with Crippen molar-refractivity contribution in [3.63, 3.8) is 0 Å². The Morgan fingerprint density at radius 1 is 1.14 bits per heavy atom. The molecule has 4 N–H and O–H groups in total. The monoisotopic (exact) mass is 375 g/mol. The van der Waals surface area contributed by atoms with Crippen molar-refractivity contribution in [3.8, 4) is 0 Å². The summed E-state index contributed by atoms with van der Waals surface area (Å²) < 4.78 is 0. The first-order valence-corrected chi connectivity index (χ1v) is 9.48. The molecule has 1 unspecified atom stereocenters. The third kappa shape index (κ3) is 5.88. The van der Waals surface area contributed by atoms with Crippen molar-refractivity contribution in [2.45, 2.75) is 33.1 Å². The highest BCUT2D eigenvalue weighted by Crippen LogP contribution is 2.26. The Kier molecular flexibility index (Phi) is 7.64. The van der Waals surface area contributed by atoms with E-state index in [0.29, 0.717) is 11.6 Å². The lowest BCUT2D eigenvalue weighted by molar-refractivity contribution is 0.262. The average Bonchev–Trinajstić information content (AvgIpc) is 2.67. The molecule has 2 rings (SSSR count). The Hall–Kier alpha value is -3.27. The minimum Gasteiger partial charge on any atom is -0.402 e. The van der Waals surface area contributed by atoms with Gasteiger partial charge >= 0.3 is 6.03 Å². The van der Waals surface area contributed by atoms with Gasteiger partial charge in [0.25, 0.3) is 0 Å². The third-order valence-corrected chi connectivity index (χ3v) is 4.51. The van der Waals surface area contributed by atoms with Crippen LogP contribution in [0.3, 0.4) is 0 Å². The number of urea groups is 1. The maximum atomic E-state index is 12.4. The summed E-state index contributed by atoms with van der Waals surface area (Å²) in [4.78, 5) is 12.4. The van der Waals surface area contributed by atoms with Gasteiger partial charge in [-0.05, 0) is 60.2 Å². The number of para-hydroxylation sites is 1. The highest BCUT2D eigenvalue weighted by molar-refractivity contribution is 6.00. The molecule has 0 saturated heterocycles. The molecule has 0 bridgehead atoms. The van der Waals surface area contributed by atoms with Gasteiger partial charge in [-0.3, -0.25) is 0 Å². The number of amides is 2. The second-order valence-electron chi connectivity index (χ2n) is 6.80. The van der Waals surface area contributed by atoms with Crippen LogP contribution in [0.15, 0.2) is 79.0 Å². The van der Waals surface area contributed by atoms with Gasteiger partial charge < -0.3 is 16.4 Å². The van der Waals surface area contributed by atoms with E-state index in [1.807, 2.05) is 61.5 Å². The Morgan fingerprint density at radius 2 is 1.82 bits per heavy atom. The van der Waals surface area contributed by atoms with Crippen LogP contribution in [0.5, 0.6) is 0 Å². The minimum absolute atomic E-state index is 0.261. The molecule has 0 spiro atoms. The van der Waals surface area contributed by atoms with Gasteiger partial charge in [0.2, 0.25) is 0 Å². The molecule has 0 fully saturated rings. The minimum atomic E-state index is -0.261. The summed E-state index contributed by atoms with van der Waals surface area (Å²) in [5.74, 6) is 0.380. The Morgan fingerprint density at radius 3 is 2.43 bits per heavy atom. The van der Waals surface area contributed by atoms with Crippen molar-refractivity contribution in [1.82, 2.24) is 0 Å². The lowest BCUT2D eigenvalue weighted by Crippen LogP contribution is -2.20. The van der Waals surface area contributed by atoms with Gasteiger partial charge in [0, 0.05) is 17.1 Å². The molecule has 0 aliphatic carbocycles. The molecule has 0 aliphatic rings. The van der Waals surface area contributed by atoms with Crippen molar-refractivity contribution < 1.29 is 4.79 Å². The van der Waals surface area contributed by atoms with Gasteiger partial charge in [-0.15, -0.1) is 0 Å². The van der Waals surface area contributed by atoms with Crippen LogP contribution >= 0.6 is 0 Å². The molecule has 0 saturated carbocycles. The second kappa shape index (κ2) is 10.2. The average molecular weight is 376 g/mol. The van der Waals surface area contributed by atoms with E-state index in [9.17, 15) is 4.79 Å². The van der Waals surface area contributed by atoms with Gasteiger partial charge in [0.15, 0.2) is 0 Å².